The monoisotopic (exact) mass is 448 g/mol. The van der Waals surface area contributed by atoms with Gasteiger partial charge in [0.2, 0.25) is 0 Å². The van der Waals surface area contributed by atoms with E-state index in [2.05, 4.69) is 20.8 Å². The molecular formula is C27H44O5. The van der Waals surface area contributed by atoms with Crippen LogP contribution < -0.4 is 0 Å². The standard InChI is InChI=1S/C27H44O5/c1-16(6-11-25(30)31-5)21-9-10-22-20-8-7-18-14-19(32-17(2)28)12-13-26(18,3)23(20)15-24(29)27(21,22)4/h16,18-24,29H,6-15H2,1-5H3/t16-,18-,19-,20+,21+,22-,23-,24-,26+,27-/m1/s1. The van der Waals surface area contributed by atoms with Gasteiger partial charge in [0.15, 0.2) is 0 Å². The molecule has 4 rings (SSSR count). The molecule has 0 saturated heterocycles. The van der Waals surface area contributed by atoms with Crippen LogP contribution in [0, 0.1) is 46.3 Å². The average molecular weight is 449 g/mol. The van der Waals surface area contributed by atoms with Crippen molar-refractivity contribution in [3.8, 4) is 0 Å². The SMILES string of the molecule is COC(=O)CC[C@@H](C)[C@@H]1CC[C@@H]2[C@@H]3CC[C@@H]4C[C@H](OC(C)=O)CC[C@]4(C)[C@@H]3C[C@@H](O)[C@@]21C. The molecule has 1 N–H and O–H groups in total. The number of rotatable bonds is 5. The van der Waals surface area contributed by atoms with Gasteiger partial charge in [0, 0.05) is 13.3 Å². The number of fused-ring (bicyclic) bond motifs is 5. The quantitative estimate of drug-likeness (QED) is 0.590. The maximum absolute atomic E-state index is 11.7. The molecule has 10 atom stereocenters. The predicted molar refractivity (Wildman–Crippen MR) is 123 cm³/mol. The van der Waals surface area contributed by atoms with Gasteiger partial charge in [-0.15, -0.1) is 0 Å². The minimum absolute atomic E-state index is 0.0468. The van der Waals surface area contributed by atoms with E-state index < -0.39 is 0 Å². The molecule has 0 aromatic heterocycles. The third-order valence-electron chi connectivity index (χ3n) is 10.8. The van der Waals surface area contributed by atoms with Crippen molar-refractivity contribution in [3.05, 3.63) is 0 Å². The lowest BCUT2D eigenvalue weighted by molar-refractivity contribution is -0.181. The maximum Gasteiger partial charge on any atom is 0.305 e. The molecule has 4 fully saturated rings. The maximum atomic E-state index is 11.7. The van der Waals surface area contributed by atoms with Crippen molar-refractivity contribution in [1.82, 2.24) is 0 Å². The molecule has 0 unspecified atom stereocenters. The second-order valence-electron chi connectivity index (χ2n) is 12.1. The summed E-state index contributed by atoms with van der Waals surface area (Å²) in [5.74, 6) is 3.02. The van der Waals surface area contributed by atoms with E-state index in [0.29, 0.717) is 41.9 Å². The van der Waals surface area contributed by atoms with Gasteiger partial charge in [-0.05, 0) is 104 Å². The normalized spacial score (nSPS) is 46.4. The van der Waals surface area contributed by atoms with Crippen LogP contribution in [0.1, 0.15) is 91.9 Å². The van der Waals surface area contributed by atoms with Gasteiger partial charge in [0.05, 0.1) is 13.2 Å². The van der Waals surface area contributed by atoms with Gasteiger partial charge in [-0.3, -0.25) is 9.59 Å². The van der Waals surface area contributed by atoms with Crippen LogP contribution in [0.25, 0.3) is 0 Å². The lowest BCUT2D eigenvalue weighted by atomic mass is 9.43. The van der Waals surface area contributed by atoms with E-state index >= 15 is 0 Å². The molecule has 0 radical (unpaired) electrons. The predicted octanol–water partition coefficient (Wildman–Crippen LogP) is 5.14. The minimum atomic E-state index is -0.274. The molecule has 0 aromatic rings. The molecule has 5 heteroatoms. The van der Waals surface area contributed by atoms with Crippen LogP contribution in [0.5, 0.6) is 0 Å². The molecule has 0 amide bonds. The molecule has 4 aliphatic rings. The van der Waals surface area contributed by atoms with E-state index in [1.165, 1.54) is 39.7 Å². The van der Waals surface area contributed by atoms with Crippen molar-refractivity contribution < 1.29 is 24.2 Å². The fraction of sp³-hybridized carbons (Fsp3) is 0.926. The van der Waals surface area contributed by atoms with Crippen LogP contribution in [0.15, 0.2) is 0 Å². The highest BCUT2D eigenvalue weighted by Gasteiger charge is 2.63. The number of methoxy groups -OCH3 is 1. The van der Waals surface area contributed by atoms with Crippen molar-refractivity contribution in [2.45, 2.75) is 104 Å². The summed E-state index contributed by atoms with van der Waals surface area (Å²) in [6, 6.07) is 0. The van der Waals surface area contributed by atoms with Crippen LogP contribution >= 0.6 is 0 Å². The number of esters is 2. The van der Waals surface area contributed by atoms with E-state index in [1.54, 1.807) is 0 Å². The van der Waals surface area contributed by atoms with Gasteiger partial charge < -0.3 is 14.6 Å². The van der Waals surface area contributed by atoms with Gasteiger partial charge in [-0.25, -0.2) is 0 Å². The zero-order valence-corrected chi connectivity index (χ0v) is 20.8. The Hall–Kier alpha value is -1.10. The first-order chi connectivity index (χ1) is 15.1. The topological polar surface area (TPSA) is 72.8 Å². The Kier molecular flexibility index (Phi) is 6.70. The fourth-order valence-corrected chi connectivity index (χ4v) is 9.13. The van der Waals surface area contributed by atoms with Gasteiger partial charge >= 0.3 is 11.9 Å². The zero-order chi connectivity index (χ0) is 23.3. The number of hydrogen-bond donors (Lipinski definition) is 1. The molecule has 5 nitrogen and oxygen atoms in total. The van der Waals surface area contributed by atoms with Crippen LogP contribution in [-0.4, -0.2) is 36.4 Å². The second-order valence-corrected chi connectivity index (χ2v) is 12.1. The highest BCUT2D eigenvalue weighted by molar-refractivity contribution is 5.69. The van der Waals surface area contributed by atoms with Gasteiger partial charge in [0.25, 0.3) is 0 Å². The number of carbonyl (C=O) groups is 2. The van der Waals surface area contributed by atoms with Crippen molar-refractivity contribution in [2.24, 2.45) is 46.3 Å². The molecule has 0 aromatic carbocycles. The smallest absolute Gasteiger partial charge is 0.305 e. The first-order valence-electron chi connectivity index (χ1n) is 13.0. The molecule has 4 aliphatic carbocycles. The van der Waals surface area contributed by atoms with E-state index in [1.807, 2.05) is 0 Å². The fourth-order valence-electron chi connectivity index (χ4n) is 9.13. The van der Waals surface area contributed by atoms with Gasteiger partial charge in [-0.1, -0.05) is 20.8 Å². The second kappa shape index (κ2) is 8.92. The molecule has 32 heavy (non-hydrogen) atoms. The number of ether oxygens (including phenoxy) is 2. The van der Waals surface area contributed by atoms with E-state index in [4.69, 9.17) is 9.47 Å². The molecule has 0 heterocycles. The summed E-state index contributed by atoms with van der Waals surface area (Å²) in [5, 5.41) is 11.6. The highest BCUT2D eigenvalue weighted by atomic mass is 16.5. The molecule has 182 valence electrons. The van der Waals surface area contributed by atoms with Gasteiger partial charge in [0.1, 0.15) is 6.10 Å². The zero-order valence-electron chi connectivity index (χ0n) is 20.8. The third kappa shape index (κ3) is 3.91. The Morgan fingerprint density at radius 1 is 1.06 bits per heavy atom. The number of hydrogen-bond acceptors (Lipinski definition) is 5. The Labute approximate surface area is 194 Å². The van der Waals surface area contributed by atoms with Crippen LogP contribution in [0.2, 0.25) is 0 Å². The third-order valence-corrected chi connectivity index (χ3v) is 10.8. The van der Waals surface area contributed by atoms with Gasteiger partial charge in [-0.2, -0.15) is 0 Å². The number of carbonyl (C=O) groups excluding carboxylic acids is 2. The number of aliphatic hydroxyl groups is 1. The summed E-state index contributed by atoms with van der Waals surface area (Å²) >= 11 is 0. The Bertz CT molecular complexity index is 721. The van der Waals surface area contributed by atoms with E-state index in [9.17, 15) is 14.7 Å². The van der Waals surface area contributed by atoms with Crippen molar-refractivity contribution >= 4 is 11.9 Å². The van der Waals surface area contributed by atoms with E-state index in [-0.39, 0.29) is 35.0 Å². The Morgan fingerprint density at radius 2 is 1.81 bits per heavy atom. The molecule has 0 bridgehead atoms. The summed E-state index contributed by atoms with van der Waals surface area (Å²) in [4.78, 5) is 23.2. The lowest BCUT2D eigenvalue weighted by Crippen LogP contribution is -2.59. The largest absolute Gasteiger partial charge is 0.469 e. The summed E-state index contributed by atoms with van der Waals surface area (Å²) in [7, 11) is 1.46. The molecule has 4 saturated carbocycles. The minimum Gasteiger partial charge on any atom is -0.469 e. The van der Waals surface area contributed by atoms with E-state index in [0.717, 1.165) is 32.1 Å². The summed E-state index contributed by atoms with van der Waals surface area (Å²) < 4.78 is 10.5. The van der Waals surface area contributed by atoms with Crippen molar-refractivity contribution in [1.29, 1.82) is 0 Å². The average Bonchev–Trinajstić information content (AvgIpc) is 3.11. The summed E-state index contributed by atoms with van der Waals surface area (Å²) in [5.41, 5.74) is 0.200. The Morgan fingerprint density at radius 3 is 2.50 bits per heavy atom. The van der Waals surface area contributed by atoms with Crippen LogP contribution in [0.4, 0.5) is 0 Å². The Balaban J connectivity index is 1.50. The van der Waals surface area contributed by atoms with Crippen molar-refractivity contribution in [3.63, 3.8) is 0 Å². The number of aliphatic hydroxyl groups excluding tert-OH is 1. The first-order valence-corrected chi connectivity index (χ1v) is 13.0. The molecule has 0 aliphatic heterocycles. The molecular weight excluding hydrogens is 404 g/mol. The summed E-state index contributed by atoms with van der Waals surface area (Å²) in [6.45, 7) is 8.62. The lowest BCUT2D eigenvalue weighted by Gasteiger charge is -2.62. The van der Waals surface area contributed by atoms with Crippen molar-refractivity contribution in [2.75, 3.05) is 7.11 Å². The van der Waals surface area contributed by atoms with Crippen LogP contribution in [-0.2, 0) is 19.1 Å². The van der Waals surface area contributed by atoms with Crippen LogP contribution in [0.3, 0.4) is 0 Å². The highest BCUT2D eigenvalue weighted by Crippen LogP contribution is 2.68. The summed E-state index contributed by atoms with van der Waals surface area (Å²) in [6.07, 6.45) is 9.92. The molecule has 0 spiro atoms. The first kappa shape index (κ1) is 24.0.